The highest BCUT2D eigenvalue weighted by Crippen LogP contribution is 2.25. The molecule has 2 N–H and O–H groups in total. The number of piperidine rings is 1. The smallest absolute Gasteiger partial charge is 0.224 e. The first-order valence-electron chi connectivity index (χ1n) is 8.19. The molecule has 2 aromatic heterocycles. The first-order chi connectivity index (χ1) is 11.2. The van der Waals surface area contributed by atoms with Gasteiger partial charge in [0.2, 0.25) is 5.91 Å². The third-order valence-electron chi connectivity index (χ3n) is 4.48. The van der Waals surface area contributed by atoms with Crippen LogP contribution in [0, 0.1) is 11.8 Å². The summed E-state index contributed by atoms with van der Waals surface area (Å²) in [6.45, 7) is 4.29. The van der Waals surface area contributed by atoms with Crippen molar-refractivity contribution in [3.63, 3.8) is 0 Å². The van der Waals surface area contributed by atoms with Crippen molar-refractivity contribution < 1.29 is 4.79 Å². The monoisotopic (exact) mass is 385 g/mol. The van der Waals surface area contributed by atoms with Crippen LogP contribution in [-0.4, -0.2) is 33.8 Å². The molecule has 0 aliphatic carbocycles. The molecule has 25 heavy (non-hydrogen) atoms. The Balaban J connectivity index is 0.00000156. The van der Waals surface area contributed by atoms with E-state index in [0.717, 1.165) is 25.9 Å². The molecule has 0 saturated carbocycles. The largest absolute Gasteiger partial charge is 0.323 e. The van der Waals surface area contributed by atoms with Crippen LogP contribution in [0.3, 0.4) is 0 Å². The highest BCUT2D eigenvalue weighted by molar-refractivity contribution is 5.92. The van der Waals surface area contributed by atoms with Gasteiger partial charge in [-0.05, 0) is 56.0 Å². The van der Waals surface area contributed by atoms with E-state index >= 15 is 0 Å². The zero-order chi connectivity index (χ0) is 16.1. The zero-order valence-electron chi connectivity index (χ0n) is 14.2. The minimum absolute atomic E-state index is 0. The number of hydrogen-bond donors (Lipinski definition) is 2. The molecule has 138 valence electrons. The third kappa shape index (κ3) is 5.70. The van der Waals surface area contributed by atoms with Crippen molar-refractivity contribution in [1.29, 1.82) is 0 Å². The molecule has 3 rings (SSSR count). The molecule has 1 unspecified atom stereocenters. The Hall–Kier alpha value is -1.63. The zero-order valence-corrected chi connectivity index (χ0v) is 15.9. The molecule has 0 spiro atoms. The molecule has 1 atom stereocenters. The van der Waals surface area contributed by atoms with Crippen LogP contribution in [-0.2, 0) is 4.79 Å². The van der Waals surface area contributed by atoms with Crippen molar-refractivity contribution in [3.8, 4) is 5.82 Å². The summed E-state index contributed by atoms with van der Waals surface area (Å²) in [4.78, 5) is 16.7. The fourth-order valence-electron chi connectivity index (χ4n) is 3.14. The number of amides is 1. The van der Waals surface area contributed by atoms with Gasteiger partial charge in [0.15, 0.2) is 5.82 Å². The van der Waals surface area contributed by atoms with Gasteiger partial charge in [0.05, 0.1) is 5.69 Å². The summed E-state index contributed by atoms with van der Waals surface area (Å²) < 4.78 is 1.66. The maximum atomic E-state index is 12.4. The Morgan fingerprint density at radius 1 is 1.32 bits per heavy atom. The quantitative estimate of drug-likeness (QED) is 0.829. The van der Waals surface area contributed by atoms with E-state index in [9.17, 15) is 4.79 Å². The van der Waals surface area contributed by atoms with Gasteiger partial charge in [-0.15, -0.1) is 24.8 Å². The molecule has 2 aromatic rings. The number of nitrogens with zero attached hydrogens (tertiary/aromatic N) is 3. The Morgan fingerprint density at radius 2 is 2.08 bits per heavy atom. The Morgan fingerprint density at radius 3 is 2.76 bits per heavy atom. The number of pyridine rings is 1. The summed E-state index contributed by atoms with van der Waals surface area (Å²) in [7, 11) is 0. The Kier molecular flexibility index (Phi) is 8.89. The van der Waals surface area contributed by atoms with Crippen molar-refractivity contribution in [3.05, 3.63) is 36.8 Å². The maximum Gasteiger partial charge on any atom is 0.224 e. The summed E-state index contributed by atoms with van der Waals surface area (Å²) in [5.41, 5.74) is 0.693. The average Bonchev–Trinajstić information content (AvgIpc) is 3.10. The predicted octanol–water partition coefficient (Wildman–Crippen LogP) is 3.08. The van der Waals surface area contributed by atoms with E-state index in [0.29, 0.717) is 29.8 Å². The predicted molar refractivity (Wildman–Crippen MR) is 104 cm³/mol. The number of rotatable bonds is 5. The van der Waals surface area contributed by atoms with Gasteiger partial charge in [0.25, 0.3) is 0 Å². The van der Waals surface area contributed by atoms with Crippen LogP contribution in [0.1, 0.15) is 26.2 Å². The summed E-state index contributed by atoms with van der Waals surface area (Å²) >= 11 is 0. The van der Waals surface area contributed by atoms with Crippen LogP contribution in [0.2, 0.25) is 0 Å². The minimum Gasteiger partial charge on any atom is -0.323 e. The number of carbonyl (C=O) groups is 1. The minimum atomic E-state index is 0. The van der Waals surface area contributed by atoms with Crippen molar-refractivity contribution in [2.24, 2.45) is 11.8 Å². The fourth-order valence-corrected chi connectivity index (χ4v) is 3.14. The molecule has 0 radical (unpaired) electrons. The molecule has 1 amide bonds. The van der Waals surface area contributed by atoms with Crippen molar-refractivity contribution in [2.75, 3.05) is 18.4 Å². The number of anilines is 1. The topological polar surface area (TPSA) is 71.8 Å². The van der Waals surface area contributed by atoms with Crippen LogP contribution in [0.4, 0.5) is 5.69 Å². The van der Waals surface area contributed by atoms with Crippen LogP contribution in [0.5, 0.6) is 0 Å². The second-order valence-electron chi connectivity index (χ2n) is 6.14. The van der Waals surface area contributed by atoms with E-state index in [2.05, 4.69) is 27.6 Å². The van der Waals surface area contributed by atoms with Crippen LogP contribution >= 0.6 is 24.8 Å². The molecule has 1 aliphatic heterocycles. The van der Waals surface area contributed by atoms with Gasteiger partial charge in [0.1, 0.15) is 0 Å². The van der Waals surface area contributed by atoms with Crippen molar-refractivity contribution in [2.45, 2.75) is 26.2 Å². The lowest BCUT2D eigenvalue weighted by Crippen LogP contribution is -2.32. The normalized spacial score (nSPS) is 15.6. The van der Waals surface area contributed by atoms with Gasteiger partial charge in [-0.2, -0.15) is 5.10 Å². The maximum absolute atomic E-state index is 12.4. The van der Waals surface area contributed by atoms with Crippen LogP contribution in [0.25, 0.3) is 5.82 Å². The lowest BCUT2D eigenvalue weighted by molar-refractivity contribution is -0.117. The van der Waals surface area contributed by atoms with Gasteiger partial charge >= 0.3 is 0 Å². The molecule has 8 heteroatoms. The lowest BCUT2D eigenvalue weighted by atomic mass is 9.84. The van der Waals surface area contributed by atoms with E-state index in [1.54, 1.807) is 17.1 Å². The number of halogens is 2. The van der Waals surface area contributed by atoms with Gasteiger partial charge in [-0.3, -0.25) is 4.79 Å². The van der Waals surface area contributed by atoms with E-state index in [-0.39, 0.29) is 30.7 Å². The van der Waals surface area contributed by atoms with Crippen LogP contribution < -0.4 is 10.6 Å². The first-order valence-corrected chi connectivity index (χ1v) is 8.19. The van der Waals surface area contributed by atoms with Gasteiger partial charge in [0, 0.05) is 25.0 Å². The SMILES string of the molecule is CC(CC(=O)Nc1cccnc1-n1cccn1)C1CCNCC1.Cl.Cl. The van der Waals surface area contributed by atoms with E-state index in [4.69, 9.17) is 0 Å². The molecule has 1 fully saturated rings. The summed E-state index contributed by atoms with van der Waals surface area (Å²) in [6, 6.07) is 5.51. The highest BCUT2D eigenvalue weighted by Gasteiger charge is 2.22. The molecular weight excluding hydrogens is 361 g/mol. The summed E-state index contributed by atoms with van der Waals surface area (Å²) in [6.07, 6.45) is 8.05. The van der Waals surface area contributed by atoms with Crippen molar-refractivity contribution in [1.82, 2.24) is 20.1 Å². The van der Waals surface area contributed by atoms with Crippen LogP contribution in [0.15, 0.2) is 36.8 Å². The van der Waals surface area contributed by atoms with Gasteiger partial charge < -0.3 is 10.6 Å². The van der Waals surface area contributed by atoms with Gasteiger partial charge in [-0.1, -0.05) is 6.92 Å². The standard InChI is InChI=1S/C17H23N5O.2ClH/c1-13(14-5-9-18-10-6-14)12-16(23)21-15-4-2-7-19-17(15)22-11-3-8-20-22;;/h2-4,7-8,11,13-14,18H,5-6,9-10,12H2,1H3,(H,21,23);2*1H. The third-order valence-corrected chi connectivity index (χ3v) is 4.48. The molecule has 0 aromatic carbocycles. The molecule has 1 aliphatic rings. The van der Waals surface area contributed by atoms with Gasteiger partial charge in [-0.25, -0.2) is 9.67 Å². The van der Waals surface area contributed by atoms with Crippen molar-refractivity contribution >= 4 is 36.4 Å². The molecule has 1 saturated heterocycles. The van der Waals surface area contributed by atoms with E-state index < -0.39 is 0 Å². The highest BCUT2D eigenvalue weighted by atomic mass is 35.5. The lowest BCUT2D eigenvalue weighted by Gasteiger charge is -2.27. The molecule has 6 nitrogen and oxygen atoms in total. The average molecular weight is 386 g/mol. The summed E-state index contributed by atoms with van der Waals surface area (Å²) in [5, 5.41) is 10.5. The second-order valence-corrected chi connectivity index (χ2v) is 6.14. The Labute approximate surface area is 160 Å². The molecule has 0 bridgehead atoms. The second kappa shape index (κ2) is 10.4. The van der Waals surface area contributed by atoms with E-state index in [1.807, 2.05) is 24.4 Å². The molecular formula is C17H25Cl2N5O. The number of nitrogens with one attached hydrogen (secondary N) is 2. The van der Waals surface area contributed by atoms with E-state index in [1.165, 1.54) is 0 Å². The Bertz CT molecular complexity index is 644. The number of aromatic nitrogens is 3. The summed E-state index contributed by atoms with van der Waals surface area (Å²) in [5.74, 6) is 1.70. The molecule has 3 heterocycles. The number of carbonyl (C=O) groups excluding carboxylic acids is 1. The number of hydrogen-bond acceptors (Lipinski definition) is 4. The fraction of sp³-hybridized carbons (Fsp3) is 0.471. The first kappa shape index (κ1) is 21.4.